The second-order valence-corrected chi connectivity index (χ2v) is 5.14. The van der Waals surface area contributed by atoms with Gasteiger partial charge in [-0.3, -0.25) is 19.9 Å². The predicted octanol–water partition coefficient (Wildman–Crippen LogP) is 2.65. The summed E-state index contributed by atoms with van der Waals surface area (Å²) in [7, 11) is 2.79. The zero-order valence-corrected chi connectivity index (χ0v) is 12.8. The monoisotopic (exact) mass is 314 g/mol. The van der Waals surface area contributed by atoms with E-state index in [2.05, 4.69) is 4.98 Å². The molecule has 0 fully saturated rings. The fraction of sp³-hybridized carbons (Fsp3) is 0.250. The number of benzene rings is 1. The van der Waals surface area contributed by atoms with Crippen molar-refractivity contribution >= 4 is 16.5 Å². The van der Waals surface area contributed by atoms with E-state index in [0.717, 1.165) is 0 Å². The Balaban J connectivity index is 2.44. The highest BCUT2D eigenvalue weighted by molar-refractivity contribution is 6.13. The predicted molar refractivity (Wildman–Crippen MR) is 84.0 cm³/mol. The summed E-state index contributed by atoms with van der Waals surface area (Å²) >= 11 is 0. The van der Waals surface area contributed by atoms with Crippen LogP contribution < -0.4 is 5.43 Å². The first-order valence-corrected chi connectivity index (χ1v) is 6.88. The van der Waals surface area contributed by atoms with Crippen LogP contribution in [0.1, 0.15) is 17.4 Å². The van der Waals surface area contributed by atoms with Crippen molar-refractivity contribution in [1.82, 2.24) is 4.98 Å². The van der Waals surface area contributed by atoms with Gasteiger partial charge < -0.3 is 9.47 Å². The van der Waals surface area contributed by atoms with E-state index in [1.807, 2.05) is 0 Å². The minimum Gasteiger partial charge on any atom is -0.351 e. The Morgan fingerprint density at radius 3 is 2.48 bits per heavy atom. The summed E-state index contributed by atoms with van der Waals surface area (Å²) in [5.74, 6) is 0. The van der Waals surface area contributed by atoms with Crippen molar-refractivity contribution in [2.24, 2.45) is 0 Å². The Bertz CT molecular complexity index is 906. The number of nitro groups is 1. The van der Waals surface area contributed by atoms with Crippen LogP contribution in [0.5, 0.6) is 0 Å². The lowest BCUT2D eigenvalue weighted by Crippen LogP contribution is -2.09. The van der Waals surface area contributed by atoms with Gasteiger partial charge in [0.05, 0.1) is 16.1 Å². The van der Waals surface area contributed by atoms with Gasteiger partial charge in [-0.05, 0) is 18.6 Å². The van der Waals surface area contributed by atoms with Crippen LogP contribution in [0.4, 0.5) is 5.69 Å². The van der Waals surface area contributed by atoms with Gasteiger partial charge in [0.1, 0.15) is 0 Å². The van der Waals surface area contributed by atoms with Crippen LogP contribution in [0.15, 0.2) is 29.3 Å². The lowest BCUT2D eigenvalue weighted by molar-refractivity contribution is -0.386. The molecule has 7 heteroatoms. The Kier molecular flexibility index (Phi) is 3.67. The highest BCUT2D eigenvalue weighted by atomic mass is 16.7. The summed E-state index contributed by atoms with van der Waals surface area (Å²) in [6.45, 7) is 1.67. The molecule has 0 bridgehead atoms. The van der Waals surface area contributed by atoms with Crippen molar-refractivity contribution in [3.8, 4) is 11.1 Å². The van der Waals surface area contributed by atoms with E-state index in [4.69, 9.17) is 9.47 Å². The highest BCUT2D eigenvalue weighted by Crippen LogP contribution is 2.45. The van der Waals surface area contributed by atoms with E-state index in [0.29, 0.717) is 21.9 Å². The summed E-state index contributed by atoms with van der Waals surface area (Å²) in [5.41, 5.74) is 1.24. The number of nitro benzene ring substituents is 1. The van der Waals surface area contributed by atoms with Crippen molar-refractivity contribution in [2.45, 2.75) is 13.2 Å². The normalized spacial score (nSPS) is 11.7. The van der Waals surface area contributed by atoms with Crippen molar-refractivity contribution in [1.29, 1.82) is 0 Å². The Morgan fingerprint density at radius 1 is 1.26 bits per heavy atom. The van der Waals surface area contributed by atoms with Gasteiger partial charge in [-0.1, -0.05) is 6.07 Å². The van der Waals surface area contributed by atoms with Crippen molar-refractivity contribution < 1.29 is 14.4 Å². The van der Waals surface area contributed by atoms with Crippen LogP contribution in [0, 0.1) is 17.0 Å². The quantitative estimate of drug-likeness (QED) is 0.408. The number of ether oxygens (including phenoxy) is 2. The van der Waals surface area contributed by atoms with E-state index >= 15 is 0 Å². The first-order chi connectivity index (χ1) is 11.0. The maximum atomic E-state index is 12.2. The van der Waals surface area contributed by atoms with Crippen LogP contribution in [0.25, 0.3) is 21.9 Å². The minimum absolute atomic E-state index is 0.172. The molecule has 0 N–H and O–H groups in total. The van der Waals surface area contributed by atoms with Crippen LogP contribution in [0.3, 0.4) is 0 Å². The van der Waals surface area contributed by atoms with E-state index in [9.17, 15) is 14.9 Å². The zero-order valence-electron chi connectivity index (χ0n) is 12.8. The highest BCUT2D eigenvalue weighted by Gasteiger charge is 2.37. The van der Waals surface area contributed by atoms with Gasteiger partial charge in [-0.25, -0.2) is 0 Å². The van der Waals surface area contributed by atoms with Gasteiger partial charge in [0.25, 0.3) is 5.69 Å². The number of rotatable bonds is 5. The molecule has 0 atom stereocenters. The van der Waals surface area contributed by atoms with Gasteiger partial charge in [-0.2, -0.15) is 0 Å². The largest absolute Gasteiger partial charge is 0.351 e. The molecule has 0 amide bonds. The Hall–Kier alpha value is -2.64. The molecule has 7 nitrogen and oxygen atoms in total. The van der Waals surface area contributed by atoms with Gasteiger partial charge in [-0.15, -0.1) is 0 Å². The molecule has 0 unspecified atom stereocenters. The molecule has 0 saturated carbocycles. The molecular formula is C16H14N2O5. The lowest BCUT2D eigenvalue weighted by atomic mass is 9.97. The van der Waals surface area contributed by atoms with Crippen molar-refractivity contribution in [3.05, 3.63) is 56.0 Å². The molecule has 1 heterocycles. The Morgan fingerprint density at radius 2 is 1.96 bits per heavy atom. The average Bonchev–Trinajstić information content (AvgIpc) is 3.22. The number of methoxy groups -OCH3 is 2. The van der Waals surface area contributed by atoms with Crippen LogP contribution in [-0.4, -0.2) is 24.1 Å². The molecule has 0 aliphatic carbocycles. The van der Waals surface area contributed by atoms with Crippen molar-refractivity contribution in [3.63, 3.8) is 0 Å². The lowest BCUT2D eigenvalue weighted by Gasteiger charge is -2.17. The molecule has 0 aliphatic heterocycles. The third kappa shape index (κ3) is 2.21. The molecule has 2 aromatic carbocycles. The molecule has 23 heavy (non-hydrogen) atoms. The van der Waals surface area contributed by atoms with Crippen LogP contribution in [-0.2, 0) is 9.47 Å². The molecule has 3 rings (SSSR count). The summed E-state index contributed by atoms with van der Waals surface area (Å²) < 4.78 is 10.4. The van der Waals surface area contributed by atoms with Gasteiger partial charge in [0.15, 0.2) is 11.7 Å². The van der Waals surface area contributed by atoms with E-state index in [-0.39, 0.29) is 22.2 Å². The number of pyridine rings is 1. The SMILES string of the molecule is COC(OC)c1c([N+](=O)[O-])c(-c2cccnc2)c2c(=O)c2c1C. The smallest absolute Gasteiger partial charge is 0.286 e. The number of hydrogen-bond donors (Lipinski definition) is 0. The second-order valence-electron chi connectivity index (χ2n) is 5.14. The summed E-state index contributed by atoms with van der Waals surface area (Å²) in [6, 6.07) is 3.36. The zero-order chi connectivity index (χ0) is 16.7. The first-order valence-electron chi connectivity index (χ1n) is 6.88. The van der Waals surface area contributed by atoms with E-state index in [1.54, 1.807) is 25.3 Å². The first kappa shape index (κ1) is 15.3. The number of fused-ring (bicyclic) bond motifs is 1. The molecule has 0 spiro atoms. The third-order valence-corrected chi connectivity index (χ3v) is 3.96. The van der Waals surface area contributed by atoms with E-state index < -0.39 is 11.2 Å². The summed E-state index contributed by atoms with van der Waals surface area (Å²) in [5, 5.41) is 12.6. The average molecular weight is 314 g/mol. The van der Waals surface area contributed by atoms with E-state index in [1.165, 1.54) is 20.4 Å². The van der Waals surface area contributed by atoms with Gasteiger partial charge in [0.2, 0.25) is 0 Å². The number of nitrogens with zero attached hydrogens (tertiary/aromatic N) is 2. The number of aromatic nitrogens is 1. The molecule has 1 aromatic heterocycles. The van der Waals surface area contributed by atoms with Crippen LogP contribution in [0.2, 0.25) is 0 Å². The molecule has 3 aromatic rings. The molecule has 0 radical (unpaired) electrons. The second kappa shape index (κ2) is 5.53. The standard InChI is InChI=1S/C16H14N2O5/c1-8-10-13(15(10)19)12(9-5-4-6-17-7-9)14(18(20)21)11(8)16(22-2)23-3/h4-7,16H,1-3H3. The molecule has 0 saturated heterocycles. The maximum Gasteiger partial charge on any atom is 0.286 e. The third-order valence-electron chi connectivity index (χ3n) is 3.96. The molecular weight excluding hydrogens is 300 g/mol. The van der Waals surface area contributed by atoms with Crippen molar-refractivity contribution in [2.75, 3.05) is 14.2 Å². The molecule has 0 aliphatic rings. The molecule has 118 valence electrons. The fourth-order valence-electron chi connectivity index (χ4n) is 2.93. The number of hydrogen-bond acceptors (Lipinski definition) is 6. The summed E-state index contributed by atoms with van der Waals surface area (Å²) in [4.78, 5) is 27.4. The minimum atomic E-state index is -0.926. The fourth-order valence-corrected chi connectivity index (χ4v) is 2.93. The topological polar surface area (TPSA) is 91.6 Å². The summed E-state index contributed by atoms with van der Waals surface area (Å²) in [6.07, 6.45) is 2.14. The maximum absolute atomic E-state index is 12.2. The van der Waals surface area contributed by atoms with Gasteiger partial charge >= 0.3 is 0 Å². The van der Waals surface area contributed by atoms with Crippen LogP contribution >= 0.6 is 0 Å². The van der Waals surface area contributed by atoms with Gasteiger partial charge in [0, 0.05) is 42.9 Å². The Labute approximate surface area is 131 Å². The number of aryl methyl sites for hydroxylation is 1.